The van der Waals surface area contributed by atoms with Gasteiger partial charge < -0.3 is 10.6 Å². The first-order chi connectivity index (χ1) is 10.3. The van der Waals surface area contributed by atoms with Crippen molar-refractivity contribution in [3.63, 3.8) is 0 Å². The number of hydrogen-bond acceptors (Lipinski definition) is 3. The van der Waals surface area contributed by atoms with Crippen LogP contribution in [0.25, 0.3) is 0 Å². The van der Waals surface area contributed by atoms with E-state index in [9.17, 15) is 4.79 Å². The Labute approximate surface area is 130 Å². The SMILES string of the molecule is CCNC(=O)[C@@]12NCC[C@@H]1CC=C[C@H]2Sc1ccccc1. The summed E-state index contributed by atoms with van der Waals surface area (Å²) in [5, 5.41) is 6.73. The predicted molar refractivity (Wildman–Crippen MR) is 87.4 cm³/mol. The fourth-order valence-electron chi connectivity index (χ4n) is 3.46. The summed E-state index contributed by atoms with van der Waals surface area (Å²) >= 11 is 1.78. The lowest BCUT2D eigenvalue weighted by Crippen LogP contribution is -2.63. The first-order valence-electron chi connectivity index (χ1n) is 7.69. The third-order valence-electron chi connectivity index (χ3n) is 4.45. The standard InChI is InChI=1S/C17H22N2OS/c1-2-18-16(20)17-13(11-12-19-17)7-6-10-15(17)21-14-8-4-3-5-9-14/h3-6,8-10,13,15,19H,2,7,11-12H2,1H3,(H,18,20)/t13-,15+,17+/m0/s1. The van der Waals surface area contributed by atoms with Crippen molar-refractivity contribution in [3.8, 4) is 0 Å². The van der Waals surface area contributed by atoms with Gasteiger partial charge in [-0.2, -0.15) is 0 Å². The van der Waals surface area contributed by atoms with Crippen LogP contribution in [0, 0.1) is 5.92 Å². The van der Waals surface area contributed by atoms with Crippen LogP contribution in [0.5, 0.6) is 0 Å². The summed E-state index contributed by atoms with van der Waals surface area (Å²) in [7, 11) is 0. The molecule has 0 unspecified atom stereocenters. The summed E-state index contributed by atoms with van der Waals surface area (Å²) in [5.41, 5.74) is -0.453. The van der Waals surface area contributed by atoms with Gasteiger partial charge in [0, 0.05) is 11.4 Å². The maximum atomic E-state index is 12.8. The predicted octanol–water partition coefficient (Wildman–Crippen LogP) is 2.59. The lowest BCUT2D eigenvalue weighted by Gasteiger charge is -2.41. The molecule has 1 saturated heterocycles. The number of fused-ring (bicyclic) bond motifs is 1. The van der Waals surface area contributed by atoms with Crippen LogP contribution in [0.15, 0.2) is 47.4 Å². The zero-order valence-electron chi connectivity index (χ0n) is 12.3. The van der Waals surface area contributed by atoms with Gasteiger partial charge in [0.1, 0.15) is 5.54 Å². The van der Waals surface area contributed by atoms with Crippen molar-refractivity contribution in [2.24, 2.45) is 5.92 Å². The third kappa shape index (κ3) is 2.62. The molecule has 112 valence electrons. The molecular weight excluding hydrogens is 280 g/mol. The Kier molecular flexibility index (Phi) is 4.36. The van der Waals surface area contributed by atoms with Crippen molar-refractivity contribution in [1.82, 2.24) is 10.6 Å². The maximum absolute atomic E-state index is 12.8. The van der Waals surface area contributed by atoms with Gasteiger partial charge in [0.15, 0.2) is 0 Å². The molecule has 2 aliphatic rings. The number of carbonyl (C=O) groups is 1. The Hall–Kier alpha value is -1.26. The average molecular weight is 302 g/mol. The Morgan fingerprint density at radius 2 is 2.24 bits per heavy atom. The Morgan fingerprint density at radius 3 is 3.00 bits per heavy atom. The Bertz CT molecular complexity index is 531. The van der Waals surface area contributed by atoms with E-state index in [1.54, 1.807) is 11.8 Å². The molecule has 3 rings (SSSR count). The molecule has 1 aliphatic carbocycles. The highest BCUT2D eigenvalue weighted by Crippen LogP contribution is 2.44. The summed E-state index contributed by atoms with van der Waals surface area (Å²) in [4.78, 5) is 14.0. The maximum Gasteiger partial charge on any atom is 0.242 e. The van der Waals surface area contributed by atoms with Crippen LogP contribution in [-0.2, 0) is 4.79 Å². The number of nitrogens with one attached hydrogen (secondary N) is 2. The number of rotatable bonds is 4. The summed E-state index contributed by atoms with van der Waals surface area (Å²) in [6.07, 6.45) is 6.53. The van der Waals surface area contributed by atoms with E-state index >= 15 is 0 Å². The molecule has 0 bridgehead atoms. The van der Waals surface area contributed by atoms with Gasteiger partial charge in [-0.1, -0.05) is 30.4 Å². The molecule has 0 radical (unpaired) electrons. The third-order valence-corrected chi connectivity index (χ3v) is 5.78. The van der Waals surface area contributed by atoms with Gasteiger partial charge in [0.2, 0.25) is 5.91 Å². The minimum Gasteiger partial charge on any atom is -0.355 e. The number of amides is 1. The fraction of sp³-hybridized carbons (Fsp3) is 0.471. The van der Waals surface area contributed by atoms with Crippen molar-refractivity contribution in [2.45, 2.75) is 35.4 Å². The Morgan fingerprint density at radius 1 is 1.43 bits per heavy atom. The number of likely N-dealkylation sites (N-methyl/N-ethyl adjacent to an activating group) is 1. The molecule has 2 N–H and O–H groups in total. The molecular formula is C17H22N2OS. The zero-order chi connectivity index (χ0) is 14.7. The van der Waals surface area contributed by atoms with E-state index in [0.29, 0.717) is 12.5 Å². The number of carbonyl (C=O) groups excluding carboxylic acids is 1. The highest BCUT2D eigenvalue weighted by atomic mass is 32.2. The molecule has 1 amide bonds. The quantitative estimate of drug-likeness (QED) is 0.840. The molecule has 1 fully saturated rings. The van der Waals surface area contributed by atoms with Gasteiger partial charge in [-0.15, -0.1) is 11.8 Å². The van der Waals surface area contributed by atoms with Crippen LogP contribution in [0.3, 0.4) is 0 Å². The average Bonchev–Trinajstić information content (AvgIpc) is 2.95. The van der Waals surface area contributed by atoms with Crippen LogP contribution in [0.1, 0.15) is 19.8 Å². The number of benzene rings is 1. The van der Waals surface area contributed by atoms with Crippen LogP contribution in [0.2, 0.25) is 0 Å². The highest BCUT2D eigenvalue weighted by molar-refractivity contribution is 8.00. The van der Waals surface area contributed by atoms with Crippen LogP contribution >= 0.6 is 11.8 Å². The molecule has 3 nitrogen and oxygen atoms in total. The second-order valence-electron chi connectivity index (χ2n) is 5.66. The molecule has 1 heterocycles. The van der Waals surface area contributed by atoms with Gasteiger partial charge >= 0.3 is 0 Å². The summed E-state index contributed by atoms with van der Waals surface area (Å²) in [5.74, 6) is 0.556. The summed E-state index contributed by atoms with van der Waals surface area (Å²) in [6, 6.07) is 10.3. The second-order valence-corrected chi connectivity index (χ2v) is 6.87. The minimum absolute atomic E-state index is 0.146. The van der Waals surface area contributed by atoms with Crippen molar-refractivity contribution in [2.75, 3.05) is 13.1 Å². The van der Waals surface area contributed by atoms with Gasteiger partial charge in [0.25, 0.3) is 0 Å². The molecule has 1 aromatic rings. The molecule has 1 aromatic carbocycles. The highest BCUT2D eigenvalue weighted by Gasteiger charge is 2.54. The van der Waals surface area contributed by atoms with Crippen LogP contribution in [-0.4, -0.2) is 29.8 Å². The van der Waals surface area contributed by atoms with Crippen molar-refractivity contribution < 1.29 is 4.79 Å². The molecule has 4 heteroatoms. The second kappa shape index (κ2) is 6.24. The fourth-order valence-corrected chi connectivity index (χ4v) is 4.83. The molecule has 0 aromatic heterocycles. The van der Waals surface area contributed by atoms with Gasteiger partial charge in [-0.05, 0) is 44.4 Å². The van der Waals surface area contributed by atoms with E-state index in [1.807, 2.05) is 25.1 Å². The topological polar surface area (TPSA) is 41.1 Å². The number of thioether (sulfide) groups is 1. The molecule has 0 saturated carbocycles. The van der Waals surface area contributed by atoms with E-state index in [1.165, 1.54) is 4.90 Å². The van der Waals surface area contributed by atoms with Gasteiger partial charge in [-0.3, -0.25) is 4.79 Å². The first-order valence-corrected chi connectivity index (χ1v) is 8.57. The largest absolute Gasteiger partial charge is 0.355 e. The minimum atomic E-state index is -0.453. The lowest BCUT2D eigenvalue weighted by molar-refractivity contribution is -0.128. The first kappa shape index (κ1) is 14.7. The van der Waals surface area contributed by atoms with Crippen LogP contribution in [0.4, 0.5) is 0 Å². The molecule has 3 atom stereocenters. The van der Waals surface area contributed by atoms with Crippen LogP contribution < -0.4 is 10.6 Å². The van der Waals surface area contributed by atoms with Crippen molar-refractivity contribution in [1.29, 1.82) is 0 Å². The molecule has 21 heavy (non-hydrogen) atoms. The van der Waals surface area contributed by atoms with Crippen molar-refractivity contribution >= 4 is 17.7 Å². The monoisotopic (exact) mass is 302 g/mol. The van der Waals surface area contributed by atoms with E-state index < -0.39 is 5.54 Å². The lowest BCUT2D eigenvalue weighted by atomic mass is 9.76. The zero-order valence-corrected chi connectivity index (χ0v) is 13.2. The number of hydrogen-bond donors (Lipinski definition) is 2. The van der Waals surface area contributed by atoms with E-state index in [2.05, 4.69) is 34.9 Å². The number of allylic oxidation sites excluding steroid dienone is 1. The van der Waals surface area contributed by atoms with Crippen molar-refractivity contribution in [3.05, 3.63) is 42.5 Å². The van der Waals surface area contributed by atoms with E-state index in [4.69, 9.17) is 0 Å². The smallest absolute Gasteiger partial charge is 0.242 e. The Balaban J connectivity index is 1.90. The molecule has 1 aliphatic heterocycles. The van der Waals surface area contributed by atoms with E-state index in [0.717, 1.165) is 19.4 Å². The van der Waals surface area contributed by atoms with Gasteiger partial charge in [0.05, 0.1) is 5.25 Å². The molecule has 0 spiro atoms. The normalized spacial score (nSPS) is 30.9. The summed E-state index contributed by atoms with van der Waals surface area (Å²) in [6.45, 7) is 3.59. The van der Waals surface area contributed by atoms with Gasteiger partial charge in [-0.25, -0.2) is 0 Å². The van der Waals surface area contributed by atoms with E-state index in [-0.39, 0.29) is 11.2 Å². The summed E-state index contributed by atoms with van der Waals surface area (Å²) < 4.78 is 0.